The number of benzene rings is 1. The van der Waals surface area contributed by atoms with E-state index < -0.39 is 11.7 Å². The van der Waals surface area contributed by atoms with E-state index in [1.807, 2.05) is 12.1 Å². The van der Waals surface area contributed by atoms with E-state index in [2.05, 4.69) is 12.2 Å². The Morgan fingerprint density at radius 3 is 2.68 bits per heavy atom. The molecule has 0 fully saturated rings. The van der Waals surface area contributed by atoms with Gasteiger partial charge in [0.25, 0.3) is 5.91 Å². The molecule has 0 saturated heterocycles. The maximum atomic E-state index is 13.5. The Hall–Kier alpha value is -1.88. The molecule has 2 rings (SSSR count). The highest BCUT2D eigenvalue weighted by atomic mass is 32.1. The predicted molar refractivity (Wildman–Crippen MR) is 72.9 cm³/mol. The molecule has 1 aromatic heterocycles. The summed E-state index contributed by atoms with van der Waals surface area (Å²) in [6, 6.07) is 7.46. The van der Waals surface area contributed by atoms with Gasteiger partial charge in [-0.2, -0.15) is 0 Å². The molecule has 0 spiro atoms. The highest BCUT2D eigenvalue weighted by Crippen LogP contribution is 2.18. The van der Waals surface area contributed by atoms with Crippen LogP contribution >= 0.6 is 11.3 Å². The molecule has 1 amide bonds. The molecule has 1 aromatic carbocycles. The number of nitrogens with one attached hydrogen (secondary N) is 1. The molecule has 0 aliphatic heterocycles. The van der Waals surface area contributed by atoms with Crippen LogP contribution in [0.25, 0.3) is 0 Å². The van der Waals surface area contributed by atoms with Crippen molar-refractivity contribution in [3.8, 4) is 5.75 Å². The van der Waals surface area contributed by atoms with Gasteiger partial charge in [0.2, 0.25) is 0 Å². The number of phenols is 1. The van der Waals surface area contributed by atoms with Gasteiger partial charge in [-0.05, 0) is 30.7 Å². The molecular weight excluding hydrogens is 265 g/mol. The average Bonchev–Trinajstić information content (AvgIpc) is 2.84. The molecule has 2 aromatic rings. The smallest absolute Gasteiger partial charge is 0.254 e. The summed E-state index contributed by atoms with van der Waals surface area (Å²) in [5.41, 5.74) is -0.0647. The highest BCUT2D eigenvalue weighted by Gasteiger charge is 2.12. The van der Waals surface area contributed by atoms with Crippen LogP contribution in [-0.4, -0.2) is 11.0 Å². The third-order valence-electron chi connectivity index (χ3n) is 2.69. The fraction of sp³-hybridized carbons (Fsp3) is 0.214. The third kappa shape index (κ3) is 3.32. The standard InChI is InChI=1S/C14H14FNO2S/c1-2-10-4-5-11(19-10)8-16-14(18)12-6-3-9(17)7-13(12)15/h3-7,17H,2,8H2,1H3,(H,16,18). The van der Waals surface area contributed by atoms with E-state index in [0.717, 1.165) is 17.4 Å². The van der Waals surface area contributed by atoms with Gasteiger partial charge in [-0.1, -0.05) is 6.92 Å². The SMILES string of the molecule is CCc1ccc(CNC(=O)c2ccc(O)cc2F)s1. The van der Waals surface area contributed by atoms with Crippen molar-refractivity contribution < 1.29 is 14.3 Å². The van der Waals surface area contributed by atoms with Crippen molar-refractivity contribution in [3.05, 3.63) is 51.5 Å². The van der Waals surface area contributed by atoms with Crippen molar-refractivity contribution in [1.29, 1.82) is 0 Å². The van der Waals surface area contributed by atoms with Gasteiger partial charge in [0, 0.05) is 15.8 Å². The molecule has 5 heteroatoms. The Balaban J connectivity index is 2.01. The molecule has 1 heterocycles. The van der Waals surface area contributed by atoms with Crippen LogP contribution < -0.4 is 5.32 Å². The van der Waals surface area contributed by atoms with Gasteiger partial charge >= 0.3 is 0 Å². The van der Waals surface area contributed by atoms with Crippen molar-refractivity contribution in [1.82, 2.24) is 5.32 Å². The Morgan fingerprint density at radius 1 is 1.32 bits per heavy atom. The number of aryl methyl sites for hydroxylation is 1. The van der Waals surface area contributed by atoms with E-state index in [1.165, 1.54) is 17.0 Å². The molecule has 0 bridgehead atoms. The van der Waals surface area contributed by atoms with Crippen LogP contribution in [0.2, 0.25) is 0 Å². The van der Waals surface area contributed by atoms with Crippen LogP contribution in [0.1, 0.15) is 27.0 Å². The summed E-state index contributed by atoms with van der Waals surface area (Å²) in [6.07, 6.45) is 0.963. The van der Waals surface area contributed by atoms with Crippen LogP contribution in [0.5, 0.6) is 5.75 Å². The van der Waals surface area contributed by atoms with Crippen molar-refractivity contribution in [2.24, 2.45) is 0 Å². The molecule has 3 nitrogen and oxygen atoms in total. The van der Waals surface area contributed by atoms with Crippen molar-refractivity contribution in [2.75, 3.05) is 0 Å². The zero-order valence-corrected chi connectivity index (χ0v) is 11.3. The molecule has 0 saturated carbocycles. The van der Waals surface area contributed by atoms with Crippen LogP contribution in [-0.2, 0) is 13.0 Å². The largest absolute Gasteiger partial charge is 0.508 e. The number of aromatic hydroxyl groups is 1. The van der Waals surface area contributed by atoms with Gasteiger partial charge in [0.05, 0.1) is 12.1 Å². The highest BCUT2D eigenvalue weighted by molar-refractivity contribution is 7.11. The zero-order valence-electron chi connectivity index (χ0n) is 10.4. The predicted octanol–water partition coefficient (Wildman–Crippen LogP) is 3.09. The Bertz CT molecular complexity index is 595. The number of thiophene rings is 1. The molecule has 0 atom stereocenters. The maximum Gasteiger partial charge on any atom is 0.254 e. The second-order valence-corrected chi connectivity index (χ2v) is 5.32. The minimum absolute atomic E-state index is 0.0647. The molecule has 2 N–H and O–H groups in total. The fourth-order valence-corrected chi connectivity index (χ4v) is 2.56. The van der Waals surface area contributed by atoms with Crippen LogP contribution in [0.3, 0.4) is 0 Å². The van der Waals surface area contributed by atoms with Crippen LogP contribution in [0, 0.1) is 5.82 Å². The minimum Gasteiger partial charge on any atom is -0.508 e. The van der Waals surface area contributed by atoms with E-state index in [-0.39, 0.29) is 11.3 Å². The number of hydrogen-bond acceptors (Lipinski definition) is 3. The number of phenolic OH excluding ortho intramolecular Hbond substituents is 1. The first kappa shape index (κ1) is 13.5. The third-order valence-corrected chi connectivity index (χ3v) is 3.92. The van der Waals surface area contributed by atoms with Crippen LogP contribution in [0.4, 0.5) is 4.39 Å². The first-order valence-electron chi connectivity index (χ1n) is 5.94. The number of rotatable bonds is 4. The minimum atomic E-state index is -0.724. The zero-order chi connectivity index (χ0) is 13.8. The summed E-state index contributed by atoms with van der Waals surface area (Å²) in [7, 11) is 0. The molecule has 0 aliphatic carbocycles. The summed E-state index contributed by atoms with van der Waals surface area (Å²) < 4.78 is 13.5. The number of amides is 1. The van der Waals surface area contributed by atoms with Crippen molar-refractivity contribution in [3.63, 3.8) is 0 Å². The molecule has 100 valence electrons. The molecule has 0 aliphatic rings. The Morgan fingerprint density at radius 2 is 2.05 bits per heavy atom. The first-order chi connectivity index (χ1) is 9.10. The number of carbonyl (C=O) groups is 1. The average molecular weight is 279 g/mol. The van der Waals surface area contributed by atoms with Gasteiger partial charge in [-0.25, -0.2) is 4.39 Å². The van der Waals surface area contributed by atoms with Gasteiger partial charge in [0.1, 0.15) is 11.6 Å². The maximum absolute atomic E-state index is 13.5. The summed E-state index contributed by atoms with van der Waals surface area (Å²) in [6.45, 7) is 2.45. The first-order valence-corrected chi connectivity index (χ1v) is 6.76. The van der Waals surface area contributed by atoms with Gasteiger partial charge in [-0.15, -0.1) is 11.3 Å². The molecular formula is C14H14FNO2S. The molecule has 19 heavy (non-hydrogen) atoms. The fourth-order valence-electron chi connectivity index (χ4n) is 1.66. The van der Waals surface area contributed by atoms with Crippen molar-refractivity contribution in [2.45, 2.75) is 19.9 Å². The van der Waals surface area contributed by atoms with E-state index in [1.54, 1.807) is 11.3 Å². The van der Waals surface area contributed by atoms with E-state index in [9.17, 15) is 9.18 Å². The Kier molecular flexibility index (Phi) is 4.16. The summed E-state index contributed by atoms with van der Waals surface area (Å²) in [5, 5.41) is 11.7. The van der Waals surface area contributed by atoms with Gasteiger partial charge in [0.15, 0.2) is 0 Å². The summed E-state index contributed by atoms with van der Waals surface area (Å²) >= 11 is 1.63. The molecule has 0 radical (unpaired) electrons. The second-order valence-electron chi connectivity index (χ2n) is 4.07. The van der Waals surface area contributed by atoms with E-state index in [4.69, 9.17) is 5.11 Å². The lowest BCUT2D eigenvalue weighted by Gasteiger charge is -2.05. The van der Waals surface area contributed by atoms with Gasteiger partial charge < -0.3 is 10.4 Å². The monoisotopic (exact) mass is 279 g/mol. The van der Waals surface area contributed by atoms with Gasteiger partial charge in [-0.3, -0.25) is 4.79 Å². The quantitative estimate of drug-likeness (QED) is 0.903. The number of carbonyl (C=O) groups excluding carboxylic acids is 1. The van der Waals surface area contributed by atoms with Crippen molar-refractivity contribution >= 4 is 17.2 Å². The topological polar surface area (TPSA) is 49.3 Å². The normalized spacial score (nSPS) is 10.4. The number of halogens is 1. The van der Waals surface area contributed by atoms with E-state index in [0.29, 0.717) is 6.54 Å². The lowest BCUT2D eigenvalue weighted by Crippen LogP contribution is -2.23. The van der Waals surface area contributed by atoms with Crippen LogP contribution in [0.15, 0.2) is 30.3 Å². The Labute approximate surface area is 114 Å². The number of hydrogen-bond donors (Lipinski definition) is 2. The van der Waals surface area contributed by atoms with E-state index >= 15 is 0 Å². The lowest BCUT2D eigenvalue weighted by molar-refractivity contribution is 0.0947. The second kappa shape index (κ2) is 5.84. The summed E-state index contributed by atoms with van der Waals surface area (Å²) in [5.74, 6) is -1.40. The summed E-state index contributed by atoms with van der Waals surface area (Å²) in [4.78, 5) is 14.1. The lowest BCUT2D eigenvalue weighted by atomic mass is 10.2. The molecule has 0 unspecified atom stereocenters.